The second kappa shape index (κ2) is 5.76. The number of fused-ring (bicyclic) bond motifs is 1. The average molecular weight is 310 g/mol. The molecule has 1 N–H and O–H groups in total. The van der Waals surface area contributed by atoms with Crippen molar-refractivity contribution in [2.24, 2.45) is 0 Å². The van der Waals surface area contributed by atoms with Gasteiger partial charge in [0.25, 0.3) is 11.8 Å². The zero-order valence-corrected chi connectivity index (χ0v) is 13.3. The summed E-state index contributed by atoms with van der Waals surface area (Å²) in [7, 11) is 1.71. The number of anilines is 2. The predicted molar refractivity (Wildman–Crippen MR) is 89.1 cm³/mol. The molecule has 1 unspecified atom stereocenters. The van der Waals surface area contributed by atoms with Gasteiger partial charge >= 0.3 is 0 Å². The van der Waals surface area contributed by atoms with E-state index in [1.165, 1.54) is 0 Å². The molecule has 0 aromatic heterocycles. The van der Waals surface area contributed by atoms with Crippen LogP contribution in [0, 0.1) is 6.92 Å². The van der Waals surface area contributed by atoms with Crippen molar-refractivity contribution in [2.45, 2.75) is 20.0 Å². The minimum Gasteiger partial charge on any atom is -0.479 e. The van der Waals surface area contributed by atoms with Crippen LogP contribution in [0.15, 0.2) is 42.5 Å². The molecule has 1 atom stereocenters. The van der Waals surface area contributed by atoms with Gasteiger partial charge in [0.05, 0.1) is 5.69 Å². The topological polar surface area (TPSA) is 58.6 Å². The number of carbonyl (C=O) groups excluding carboxylic acids is 2. The van der Waals surface area contributed by atoms with Crippen molar-refractivity contribution in [3.05, 3.63) is 53.6 Å². The lowest BCUT2D eigenvalue weighted by Crippen LogP contribution is -2.41. The molecule has 0 fully saturated rings. The molecule has 3 rings (SSSR count). The van der Waals surface area contributed by atoms with E-state index in [1.807, 2.05) is 25.1 Å². The van der Waals surface area contributed by atoms with Crippen LogP contribution in [-0.2, 0) is 4.79 Å². The summed E-state index contributed by atoms with van der Waals surface area (Å²) in [5, 5.41) is 2.87. The molecule has 23 heavy (non-hydrogen) atoms. The van der Waals surface area contributed by atoms with Crippen molar-refractivity contribution in [3.8, 4) is 5.75 Å². The summed E-state index contributed by atoms with van der Waals surface area (Å²) < 4.78 is 5.62. The van der Waals surface area contributed by atoms with Crippen molar-refractivity contribution < 1.29 is 14.3 Å². The quantitative estimate of drug-likeness (QED) is 0.927. The molecule has 1 aliphatic heterocycles. The van der Waals surface area contributed by atoms with Gasteiger partial charge < -0.3 is 15.0 Å². The molecule has 5 heteroatoms. The zero-order valence-electron chi connectivity index (χ0n) is 13.3. The molecular weight excluding hydrogens is 292 g/mol. The van der Waals surface area contributed by atoms with Gasteiger partial charge in [-0.2, -0.15) is 0 Å². The summed E-state index contributed by atoms with van der Waals surface area (Å²) in [5.74, 6) is 0.327. The molecule has 2 aromatic carbocycles. The first-order valence-electron chi connectivity index (χ1n) is 7.42. The third-order valence-corrected chi connectivity index (χ3v) is 3.95. The van der Waals surface area contributed by atoms with Crippen molar-refractivity contribution in [2.75, 3.05) is 17.3 Å². The summed E-state index contributed by atoms with van der Waals surface area (Å²) in [6.45, 7) is 3.60. The minimum absolute atomic E-state index is 0.0887. The van der Waals surface area contributed by atoms with Crippen LogP contribution in [0.3, 0.4) is 0 Å². The SMILES string of the molecule is Cc1ccccc1C(=O)Nc1ccc2c(c1)OC(C)C(=O)N2C. The Bertz CT molecular complexity index is 786. The van der Waals surface area contributed by atoms with Crippen molar-refractivity contribution in [1.29, 1.82) is 0 Å². The number of rotatable bonds is 2. The minimum atomic E-state index is -0.533. The maximum atomic E-state index is 12.4. The van der Waals surface area contributed by atoms with Crippen LogP contribution in [0.2, 0.25) is 0 Å². The van der Waals surface area contributed by atoms with Crippen molar-refractivity contribution >= 4 is 23.2 Å². The van der Waals surface area contributed by atoms with E-state index in [2.05, 4.69) is 5.32 Å². The van der Waals surface area contributed by atoms with Gasteiger partial charge in [-0.3, -0.25) is 9.59 Å². The molecule has 118 valence electrons. The number of hydrogen-bond acceptors (Lipinski definition) is 3. The molecular formula is C18H18N2O3. The lowest BCUT2D eigenvalue weighted by Gasteiger charge is -2.30. The molecule has 1 aliphatic rings. The monoisotopic (exact) mass is 310 g/mol. The van der Waals surface area contributed by atoms with Crippen molar-refractivity contribution in [3.63, 3.8) is 0 Å². The maximum absolute atomic E-state index is 12.4. The van der Waals surface area contributed by atoms with E-state index in [0.29, 0.717) is 22.7 Å². The highest BCUT2D eigenvalue weighted by molar-refractivity contribution is 6.06. The Morgan fingerprint density at radius 2 is 1.96 bits per heavy atom. The third kappa shape index (κ3) is 2.77. The number of aryl methyl sites for hydroxylation is 1. The molecule has 0 saturated heterocycles. The van der Waals surface area contributed by atoms with E-state index in [-0.39, 0.29) is 11.8 Å². The fourth-order valence-electron chi connectivity index (χ4n) is 2.62. The van der Waals surface area contributed by atoms with Gasteiger partial charge in [-0.15, -0.1) is 0 Å². The Morgan fingerprint density at radius 1 is 1.22 bits per heavy atom. The number of hydrogen-bond donors (Lipinski definition) is 1. The fourth-order valence-corrected chi connectivity index (χ4v) is 2.62. The summed E-state index contributed by atoms with van der Waals surface area (Å²) in [6, 6.07) is 12.7. The van der Waals surface area contributed by atoms with Gasteiger partial charge in [-0.05, 0) is 37.6 Å². The Labute approximate surface area is 134 Å². The van der Waals surface area contributed by atoms with E-state index in [4.69, 9.17) is 4.74 Å². The number of nitrogens with zero attached hydrogens (tertiary/aromatic N) is 1. The van der Waals surface area contributed by atoms with Gasteiger partial charge in [0.15, 0.2) is 6.10 Å². The van der Waals surface area contributed by atoms with Crippen LogP contribution in [0.1, 0.15) is 22.8 Å². The number of nitrogens with one attached hydrogen (secondary N) is 1. The predicted octanol–water partition coefficient (Wildman–Crippen LogP) is 2.99. The van der Waals surface area contributed by atoms with Gasteiger partial charge in [-0.1, -0.05) is 18.2 Å². The molecule has 0 aliphatic carbocycles. The van der Waals surface area contributed by atoms with E-state index in [1.54, 1.807) is 43.1 Å². The third-order valence-electron chi connectivity index (χ3n) is 3.95. The zero-order chi connectivity index (χ0) is 16.6. The molecule has 0 bridgehead atoms. The van der Waals surface area contributed by atoms with Gasteiger partial charge in [0, 0.05) is 24.4 Å². The molecule has 0 spiro atoms. The van der Waals surface area contributed by atoms with Crippen LogP contribution in [-0.4, -0.2) is 25.0 Å². The van der Waals surface area contributed by atoms with Crippen LogP contribution >= 0.6 is 0 Å². The lowest BCUT2D eigenvalue weighted by molar-refractivity contribution is -0.125. The summed E-state index contributed by atoms with van der Waals surface area (Å²) in [4.78, 5) is 25.8. The van der Waals surface area contributed by atoms with Gasteiger partial charge in [-0.25, -0.2) is 0 Å². The molecule has 2 amide bonds. The first-order chi connectivity index (χ1) is 11.0. The highest BCUT2D eigenvalue weighted by Crippen LogP contribution is 2.35. The molecule has 0 radical (unpaired) electrons. The highest BCUT2D eigenvalue weighted by Gasteiger charge is 2.29. The number of amides is 2. The first kappa shape index (κ1) is 15.1. The normalized spacial score (nSPS) is 16.6. The van der Waals surface area contributed by atoms with Gasteiger partial charge in [0.2, 0.25) is 0 Å². The molecule has 0 saturated carbocycles. The van der Waals surface area contributed by atoms with E-state index in [9.17, 15) is 9.59 Å². The average Bonchev–Trinajstić information content (AvgIpc) is 2.53. The number of benzene rings is 2. The fraction of sp³-hybridized carbons (Fsp3) is 0.222. The maximum Gasteiger partial charge on any atom is 0.267 e. The van der Waals surface area contributed by atoms with E-state index >= 15 is 0 Å². The second-order valence-electron chi connectivity index (χ2n) is 5.61. The Balaban J connectivity index is 1.86. The number of likely N-dealkylation sites (N-methyl/N-ethyl adjacent to an activating group) is 1. The van der Waals surface area contributed by atoms with E-state index in [0.717, 1.165) is 5.56 Å². The van der Waals surface area contributed by atoms with Crippen LogP contribution < -0.4 is 15.0 Å². The Kier molecular flexibility index (Phi) is 3.78. The Hall–Kier alpha value is -2.82. The smallest absolute Gasteiger partial charge is 0.267 e. The molecule has 5 nitrogen and oxygen atoms in total. The summed E-state index contributed by atoms with van der Waals surface area (Å²) in [6.07, 6.45) is -0.533. The second-order valence-corrected chi connectivity index (χ2v) is 5.61. The van der Waals surface area contributed by atoms with Gasteiger partial charge in [0.1, 0.15) is 5.75 Å². The van der Waals surface area contributed by atoms with Crippen LogP contribution in [0.5, 0.6) is 5.75 Å². The molecule has 1 heterocycles. The van der Waals surface area contributed by atoms with E-state index < -0.39 is 6.10 Å². The summed E-state index contributed by atoms with van der Waals surface area (Å²) >= 11 is 0. The largest absolute Gasteiger partial charge is 0.479 e. The lowest BCUT2D eigenvalue weighted by atomic mass is 10.1. The van der Waals surface area contributed by atoms with Crippen molar-refractivity contribution in [1.82, 2.24) is 0 Å². The standard InChI is InChI=1S/C18H18N2O3/c1-11-6-4-5-7-14(11)17(21)19-13-8-9-15-16(10-13)23-12(2)18(22)20(15)3/h4-10,12H,1-3H3,(H,19,21). The summed E-state index contributed by atoms with van der Waals surface area (Å²) in [5.41, 5.74) is 2.87. The Morgan fingerprint density at radius 3 is 2.70 bits per heavy atom. The number of ether oxygens (including phenoxy) is 1. The first-order valence-corrected chi connectivity index (χ1v) is 7.42. The van der Waals surface area contributed by atoms with Crippen LogP contribution in [0.25, 0.3) is 0 Å². The molecule has 2 aromatic rings. The van der Waals surface area contributed by atoms with Crippen LogP contribution in [0.4, 0.5) is 11.4 Å². The number of carbonyl (C=O) groups is 2. The highest BCUT2D eigenvalue weighted by atomic mass is 16.5.